The van der Waals surface area contributed by atoms with Crippen molar-refractivity contribution in [3.63, 3.8) is 0 Å². The molecule has 1 aromatic rings. The zero-order chi connectivity index (χ0) is 12.3. The molecule has 0 amide bonds. The molecule has 0 aromatic carbocycles. The largest absolute Gasteiger partial charge is 0.374 e. The normalized spacial score (nSPS) is 23.8. The van der Waals surface area contributed by atoms with Crippen molar-refractivity contribution in [2.24, 2.45) is 0 Å². The van der Waals surface area contributed by atoms with Crippen molar-refractivity contribution < 1.29 is 4.74 Å². The molecule has 0 bridgehead atoms. The van der Waals surface area contributed by atoms with Crippen LogP contribution in [0.2, 0.25) is 0 Å². The number of likely N-dealkylation sites (N-methyl/N-ethyl adjacent to an activating group) is 2. The van der Waals surface area contributed by atoms with Crippen molar-refractivity contribution in [3.05, 3.63) is 20.8 Å². The maximum atomic E-state index is 5.92. The summed E-state index contributed by atoms with van der Waals surface area (Å²) in [5.74, 6) is 0. The molecule has 96 valence electrons. The molecule has 1 aromatic heterocycles. The number of hydrogen-bond acceptors (Lipinski definition) is 4. The Labute approximate surface area is 115 Å². The first kappa shape index (κ1) is 13.5. The fourth-order valence-electron chi connectivity index (χ4n) is 2.23. The third kappa shape index (κ3) is 3.09. The van der Waals surface area contributed by atoms with Crippen LogP contribution in [-0.4, -0.2) is 44.3 Å². The fraction of sp³-hybridized carbons (Fsp3) is 0.667. The first-order chi connectivity index (χ1) is 8.26. The molecular formula is C12H19BrN2OS. The molecule has 5 heteroatoms. The highest BCUT2D eigenvalue weighted by Gasteiger charge is 2.29. The molecule has 0 aliphatic carbocycles. The molecule has 2 atom stereocenters. The van der Waals surface area contributed by atoms with Crippen LogP contribution >= 0.6 is 27.3 Å². The number of rotatable bonds is 4. The number of nitrogens with one attached hydrogen (secondary N) is 1. The Morgan fingerprint density at radius 1 is 1.71 bits per heavy atom. The van der Waals surface area contributed by atoms with Gasteiger partial charge < -0.3 is 10.1 Å². The molecule has 2 unspecified atom stereocenters. The standard InChI is InChI=1S/C12H19BrN2OS/c1-3-15-5-6-16-10(8-15)11(14-2)12-9(13)4-7-17-12/h4,7,10-11,14H,3,5-6,8H2,1-2H3. The number of thiophene rings is 1. The maximum Gasteiger partial charge on any atom is 0.0905 e. The summed E-state index contributed by atoms with van der Waals surface area (Å²) in [6.07, 6.45) is 0.239. The summed E-state index contributed by atoms with van der Waals surface area (Å²) in [4.78, 5) is 3.77. The lowest BCUT2D eigenvalue weighted by Gasteiger charge is -2.36. The van der Waals surface area contributed by atoms with Gasteiger partial charge in [0.15, 0.2) is 0 Å². The van der Waals surface area contributed by atoms with Gasteiger partial charge in [0.25, 0.3) is 0 Å². The molecule has 1 fully saturated rings. The van der Waals surface area contributed by atoms with Gasteiger partial charge in [-0.25, -0.2) is 0 Å². The third-order valence-electron chi connectivity index (χ3n) is 3.23. The molecular weight excluding hydrogens is 300 g/mol. The number of nitrogens with zero attached hydrogens (tertiary/aromatic N) is 1. The van der Waals surface area contributed by atoms with Crippen LogP contribution in [0, 0.1) is 0 Å². The van der Waals surface area contributed by atoms with E-state index in [1.165, 1.54) is 9.35 Å². The summed E-state index contributed by atoms with van der Waals surface area (Å²) in [5.41, 5.74) is 0. The Morgan fingerprint density at radius 2 is 2.53 bits per heavy atom. The third-order valence-corrected chi connectivity index (χ3v) is 5.19. The Bertz CT molecular complexity index is 358. The van der Waals surface area contributed by atoms with Crippen LogP contribution in [0.15, 0.2) is 15.9 Å². The minimum absolute atomic E-state index is 0.239. The van der Waals surface area contributed by atoms with Gasteiger partial charge in [-0.1, -0.05) is 6.92 Å². The SMILES string of the molecule is CCN1CCOC(C(NC)c2sccc2Br)C1. The second kappa shape index (κ2) is 6.29. The molecule has 0 spiro atoms. The summed E-state index contributed by atoms with van der Waals surface area (Å²) >= 11 is 5.38. The molecule has 17 heavy (non-hydrogen) atoms. The first-order valence-corrected chi connectivity index (χ1v) is 7.67. The predicted molar refractivity (Wildman–Crippen MR) is 75.7 cm³/mol. The number of morpholine rings is 1. The van der Waals surface area contributed by atoms with E-state index >= 15 is 0 Å². The van der Waals surface area contributed by atoms with Crippen molar-refractivity contribution in [1.82, 2.24) is 10.2 Å². The lowest BCUT2D eigenvalue weighted by molar-refractivity contribution is -0.0439. The van der Waals surface area contributed by atoms with Crippen LogP contribution in [0.5, 0.6) is 0 Å². The predicted octanol–water partition coefficient (Wildman–Crippen LogP) is 2.49. The van der Waals surface area contributed by atoms with Crippen LogP contribution < -0.4 is 5.32 Å². The van der Waals surface area contributed by atoms with E-state index in [-0.39, 0.29) is 12.1 Å². The van der Waals surface area contributed by atoms with Crippen molar-refractivity contribution in [2.75, 3.05) is 33.3 Å². The number of hydrogen-bond donors (Lipinski definition) is 1. The van der Waals surface area contributed by atoms with Gasteiger partial charge in [-0.2, -0.15) is 0 Å². The van der Waals surface area contributed by atoms with Crippen LogP contribution in [0.1, 0.15) is 17.8 Å². The van der Waals surface area contributed by atoms with Crippen LogP contribution in [0.4, 0.5) is 0 Å². The van der Waals surface area contributed by atoms with Crippen molar-refractivity contribution in [1.29, 1.82) is 0 Å². The average Bonchev–Trinajstić information content (AvgIpc) is 2.77. The van der Waals surface area contributed by atoms with Gasteiger partial charge in [-0.15, -0.1) is 11.3 Å². The summed E-state index contributed by atoms with van der Waals surface area (Å²) in [6, 6.07) is 2.38. The van der Waals surface area contributed by atoms with Gasteiger partial charge in [0.1, 0.15) is 0 Å². The average molecular weight is 319 g/mol. The van der Waals surface area contributed by atoms with E-state index in [2.05, 4.69) is 44.5 Å². The second-order valence-corrected chi connectivity index (χ2v) is 6.00. The Balaban J connectivity index is 2.10. The van der Waals surface area contributed by atoms with Gasteiger partial charge in [-0.05, 0) is 41.0 Å². The zero-order valence-electron chi connectivity index (χ0n) is 10.3. The minimum Gasteiger partial charge on any atom is -0.374 e. The topological polar surface area (TPSA) is 24.5 Å². The maximum absolute atomic E-state index is 5.92. The van der Waals surface area contributed by atoms with E-state index in [4.69, 9.17) is 4.74 Å². The first-order valence-electron chi connectivity index (χ1n) is 6.00. The smallest absolute Gasteiger partial charge is 0.0905 e. The van der Waals surface area contributed by atoms with Gasteiger partial charge in [0, 0.05) is 22.4 Å². The highest BCUT2D eigenvalue weighted by Crippen LogP contribution is 2.32. The molecule has 0 saturated carbocycles. The molecule has 1 N–H and O–H groups in total. The molecule has 2 rings (SSSR count). The summed E-state index contributed by atoms with van der Waals surface area (Å²) in [7, 11) is 2.01. The van der Waals surface area contributed by atoms with E-state index in [0.717, 1.165) is 26.2 Å². The molecule has 3 nitrogen and oxygen atoms in total. The van der Waals surface area contributed by atoms with Crippen molar-refractivity contribution in [3.8, 4) is 0 Å². The van der Waals surface area contributed by atoms with Gasteiger partial charge in [0.2, 0.25) is 0 Å². The molecule has 2 heterocycles. The quantitative estimate of drug-likeness (QED) is 0.923. The van der Waals surface area contributed by atoms with Crippen LogP contribution in [0.25, 0.3) is 0 Å². The number of halogens is 1. The molecule has 0 radical (unpaired) electrons. The Kier molecular flexibility index (Phi) is 4.99. The fourth-order valence-corrected chi connectivity index (χ4v) is 4.02. The van der Waals surface area contributed by atoms with Crippen molar-refractivity contribution >= 4 is 27.3 Å². The lowest BCUT2D eigenvalue weighted by atomic mass is 10.1. The van der Waals surface area contributed by atoms with Crippen LogP contribution in [-0.2, 0) is 4.74 Å². The summed E-state index contributed by atoms with van der Waals surface area (Å²) < 4.78 is 7.10. The summed E-state index contributed by atoms with van der Waals surface area (Å²) in [6.45, 7) is 6.20. The monoisotopic (exact) mass is 318 g/mol. The minimum atomic E-state index is 0.239. The number of ether oxygens (including phenoxy) is 1. The highest BCUT2D eigenvalue weighted by atomic mass is 79.9. The van der Waals surface area contributed by atoms with E-state index < -0.39 is 0 Å². The van der Waals surface area contributed by atoms with E-state index in [1.54, 1.807) is 11.3 Å². The highest BCUT2D eigenvalue weighted by molar-refractivity contribution is 9.10. The lowest BCUT2D eigenvalue weighted by Crippen LogP contribution is -2.47. The van der Waals surface area contributed by atoms with Gasteiger partial charge in [-0.3, -0.25) is 4.90 Å². The van der Waals surface area contributed by atoms with Crippen LogP contribution in [0.3, 0.4) is 0 Å². The van der Waals surface area contributed by atoms with E-state index in [0.29, 0.717) is 0 Å². The van der Waals surface area contributed by atoms with E-state index in [9.17, 15) is 0 Å². The van der Waals surface area contributed by atoms with Crippen molar-refractivity contribution in [2.45, 2.75) is 19.1 Å². The second-order valence-electron chi connectivity index (χ2n) is 4.20. The van der Waals surface area contributed by atoms with E-state index in [1.807, 2.05) is 7.05 Å². The van der Waals surface area contributed by atoms with Gasteiger partial charge >= 0.3 is 0 Å². The van der Waals surface area contributed by atoms with Gasteiger partial charge in [0.05, 0.1) is 18.8 Å². The molecule has 1 aliphatic rings. The Morgan fingerprint density at radius 3 is 3.12 bits per heavy atom. The molecule has 1 saturated heterocycles. The molecule has 1 aliphatic heterocycles. The zero-order valence-corrected chi connectivity index (χ0v) is 12.7. The Hall–Kier alpha value is 0.0600. The summed E-state index contributed by atoms with van der Waals surface area (Å²) in [5, 5.41) is 5.50.